The van der Waals surface area contributed by atoms with Crippen LogP contribution in [-0.2, 0) is 13.0 Å². The van der Waals surface area contributed by atoms with Crippen molar-refractivity contribution < 1.29 is 5.32 Å². The molecule has 0 aliphatic heterocycles. The van der Waals surface area contributed by atoms with Crippen molar-refractivity contribution in [2.45, 2.75) is 46.1 Å². The van der Waals surface area contributed by atoms with Gasteiger partial charge in [0.2, 0.25) is 0 Å². The van der Waals surface area contributed by atoms with Gasteiger partial charge in [-0.15, -0.1) is 0 Å². The molecule has 2 N–H and O–H groups in total. The quantitative estimate of drug-likeness (QED) is 0.660. The maximum absolute atomic E-state index is 2.41. The Labute approximate surface area is 93.9 Å². The molecule has 0 aliphatic rings. The summed E-state index contributed by atoms with van der Waals surface area (Å²) in [5, 5.41) is 2.41. The molecular weight excluding hydrogens is 182 g/mol. The summed E-state index contributed by atoms with van der Waals surface area (Å²) in [6.45, 7) is 6.85. The van der Waals surface area contributed by atoms with Crippen LogP contribution in [0.3, 0.4) is 0 Å². The molecule has 0 amide bonds. The Morgan fingerprint density at radius 3 is 2.20 bits per heavy atom. The van der Waals surface area contributed by atoms with E-state index in [0.29, 0.717) is 0 Å². The average molecular weight is 206 g/mol. The Balaban J connectivity index is 2.20. The molecule has 1 aromatic carbocycles. The summed E-state index contributed by atoms with van der Waals surface area (Å²) in [4.78, 5) is 0. The van der Waals surface area contributed by atoms with Gasteiger partial charge in [0, 0.05) is 5.56 Å². The van der Waals surface area contributed by atoms with Crippen LogP contribution in [0, 0.1) is 0 Å². The molecule has 0 atom stereocenters. The number of hydrogen-bond acceptors (Lipinski definition) is 0. The monoisotopic (exact) mass is 206 g/mol. The minimum Gasteiger partial charge on any atom is -0.343 e. The van der Waals surface area contributed by atoms with Gasteiger partial charge in [-0.25, -0.2) is 0 Å². The van der Waals surface area contributed by atoms with Gasteiger partial charge in [-0.05, 0) is 24.8 Å². The Morgan fingerprint density at radius 2 is 1.60 bits per heavy atom. The molecule has 0 fully saturated rings. The number of nitrogens with two attached hydrogens (primary N) is 1. The molecule has 0 saturated heterocycles. The van der Waals surface area contributed by atoms with Crippen molar-refractivity contribution in [1.29, 1.82) is 0 Å². The molecular formula is C14H24N+. The molecule has 0 spiro atoms. The molecule has 1 heteroatoms. The first-order valence-corrected chi connectivity index (χ1v) is 6.26. The summed E-state index contributed by atoms with van der Waals surface area (Å²) >= 11 is 0. The minimum atomic E-state index is 1.13. The molecule has 0 bridgehead atoms. The summed E-state index contributed by atoms with van der Waals surface area (Å²) < 4.78 is 0. The van der Waals surface area contributed by atoms with Gasteiger partial charge in [0.05, 0.1) is 6.54 Å². The SMILES string of the molecule is CCCCC[NH2+]Cc1ccc(CC)cc1. The highest BCUT2D eigenvalue weighted by Crippen LogP contribution is 2.03. The molecule has 15 heavy (non-hydrogen) atoms. The van der Waals surface area contributed by atoms with E-state index in [-0.39, 0.29) is 0 Å². The first kappa shape index (κ1) is 12.3. The van der Waals surface area contributed by atoms with Crippen LogP contribution in [0.4, 0.5) is 0 Å². The zero-order valence-corrected chi connectivity index (χ0v) is 10.1. The topological polar surface area (TPSA) is 16.6 Å². The standard InChI is InChI=1S/C14H23N/c1-3-5-6-11-15-12-14-9-7-13(4-2)8-10-14/h7-10,15H,3-6,11-12H2,1-2H3/p+1. The fourth-order valence-electron chi connectivity index (χ4n) is 1.72. The maximum atomic E-state index is 2.41. The highest BCUT2D eigenvalue weighted by Gasteiger charge is 1.95. The van der Waals surface area contributed by atoms with Gasteiger partial charge in [0.25, 0.3) is 0 Å². The van der Waals surface area contributed by atoms with Crippen molar-refractivity contribution in [3.8, 4) is 0 Å². The second-order valence-electron chi connectivity index (χ2n) is 4.16. The number of unbranched alkanes of at least 4 members (excludes halogenated alkanes) is 2. The first-order chi connectivity index (χ1) is 7.36. The van der Waals surface area contributed by atoms with Gasteiger partial charge in [0.1, 0.15) is 6.54 Å². The number of hydrogen-bond donors (Lipinski definition) is 1. The molecule has 84 valence electrons. The van der Waals surface area contributed by atoms with E-state index in [1.165, 1.54) is 36.9 Å². The Bertz CT molecular complexity index is 251. The molecule has 0 heterocycles. The zero-order valence-electron chi connectivity index (χ0n) is 10.1. The summed E-state index contributed by atoms with van der Waals surface area (Å²) in [5.74, 6) is 0. The van der Waals surface area contributed by atoms with E-state index in [2.05, 4.69) is 43.4 Å². The Morgan fingerprint density at radius 1 is 0.933 bits per heavy atom. The van der Waals surface area contributed by atoms with Crippen molar-refractivity contribution in [1.82, 2.24) is 0 Å². The number of rotatable bonds is 7. The van der Waals surface area contributed by atoms with Crippen LogP contribution < -0.4 is 5.32 Å². The van der Waals surface area contributed by atoms with Crippen LogP contribution in [0.15, 0.2) is 24.3 Å². The zero-order chi connectivity index (χ0) is 10.9. The van der Waals surface area contributed by atoms with E-state index in [9.17, 15) is 0 Å². The lowest BCUT2D eigenvalue weighted by atomic mass is 10.1. The van der Waals surface area contributed by atoms with E-state index < -0.39 is 0 Å². The minimum absolute atomic E-state index is 1.13. The van der Waals surface area contributed by atoms with Gasteiger partial charge in [0.15, 0.2) is 0 Å². The van der Waals surface area contributed by atoms with Crippen molar-refractivity contribution in [3.05, 3.63) is 35.4 Å². The normalized spacial score (nSPS) is 10.5. The van der Waals surface area contributed by atoms with E-state index in [1.807, 2.05) is 0 Å². The molecule has 0 unspecified atom stereocenters. The fourth-order valence-corrected chi connectivity index (χ4v) is 1.72. The number of quaternary nitrogens is 1. The third-order valence-electron chi connectivity index (χ3n) is 2.82. The van der Waals surface area contributed by atoms with Gasteiger partial charge in [-0.3, -0.25) is 0 Å². The van der Waals surface area contributed by atoms with Crippen LogP contribution in [0.5, 0.6) is 0 Å². The van der Waals surface area contributed by atoms with Crippen molar-refractivity contribution >= 4 is 0 Å². The van der Waals surface area contributed by atoms with E-state index in [0.717, 1.165) is 13.0 Å². The van der Waals surface area contributed by atoms with Crippen LogP contribution in [0.2, 0.25) is 0 Å². The predicted octanol–water partition coefficient (Wildman–Crippen LogP) is 2.50. The van der Waals surface area contributed by atoms with Gasteiger partial charge in [-0.1, -0.05) is 44.5 Å². The van der Waals surface area contributed by atoms with Crippen LogP contribution >= 0.6 is 0 Å². The Hall–Kier alpha value is -0.820. The highest BCUT2D eigenvalue weighted by atomic mass is 14.8. The van der Waals surface area contributed by atoms with E-state index in [4.69, 9.17) is 0 Å². The van der Waals surface area contributed by atoms with Gasteiger partial charge in [-0.2, -0.15) is 0 Å². The number of benzene rings is 1. The summed E-state index contributed by atoms with van der Waals surface area (Å²) in [6.07, 6.45) is 5.17. The predicted molar refractivity (Wildman–Crippen MR) is 65.8 cm³/mol. The van der Waals surface area contributed by atoms with E-state index in [1.54, 1.807) is 0 Å². The van der Waals surface area contributed by atoms with Gasteiger partial charge < -0.3 is 5.32 Å². The highest BCUT2D eigenvalue weighted by molar-refractivity contribution is 5.21. The molecule has 1 rings (SSSR count). The summed E-state index contributed by atoms with van der Waals surface area (Å²) in [5.41, 5.74) is 2.88. The van der Waals surface area contributed by atoms with E-state index >= 15 is 0 Å². The maximum Gasteiger partial charge on any atom is 0.101 e. The smallest absolute Gasteiger partial charge is 0.101 e. The molecule has 1 aromatic rings. The molecule has 0 radical (unpaired) electrons. The summed E-state index contributed by atoms with van der Waals surface area (Å²) in [6, 6.07) is 9.01. The van der Waals surface area contributed by atoms with Crippen molar-refractivity contribution in [3.63, 3.8) is 0 Å². The lowest BCUT2D eigenvalue weighted by Crippen LogP contribution is -2.82. The fraction of sp³-hybridized carbons (Fsp3) is 0.571. The second-order valence-corrected chi connectivity index (χ2v) is 4.16. The van der Waals surface area contributed by atoms with Gasteiger partial charge >= 0.3 is 0 Å². The lowest BCUT2D eigenvalue weighted by Gasteiger charge is -2.02. The Kier molecular flexibility index (Phi) is 6.10. The van der Waals surface area contributed by atoms with Crippen LogP contribution in [-0.4, -0.2) is 6.54 Å². The number of aryl methyl sites for hydroxylation is 1. The first-order valence-electron chi connectivity index (χ1n) is 6.26. The second kappa shape index (κ2) is 7.47. The largest absolute Gasteiger partial charge is 0.343 e. The van der Waals surface area contributed by atoms with Crippen LogP contribution in [0.25, 0.3) is 0 Å². The molecule has 0 aromatic heterocycles. The summed E-state index contributed by atoms with van der Waals surface area (Å²) in [7, 11) is 0. The molecule has 0 aliphatic carbocycles. The van der Waals surface area contributed by atoms with Crippen molar-refractivity contribution in [2.24, 2.45) is 0 Å². The third kappa shape index (κ3) is 4.98. The third-order valence-corrected chi connectivity index (χ3v) is 2.82. The average Bonchev–Trinajstić information content (AvgIpc) is 2.30. The lowest BCUT2D eigenvalue weighted by molar-refractivity contribution is -0.671. The van der Waals surface area contributed by atoms with Crippen LogP contribution in [0.1, 0.15) is 44.2 Å². The van der Waals surface area contributed by atoms with Crippen molar-refractivity contribution in [2.75, 3.05) is 6.54 Å². The molecule has 0 saturated carbocycles. The molecule has 1 nitrogen and oxygen atoms in total.